The van der Waals surface area contributed by atoms with Crippen LogP contribution in [-0.2, 0) is 0 Å². The third-order valence-electron chi connectivity index (χ3n) is 6.11. The van der Waals surface area contributed by atoms with Crippen molar-refractivity contribution in [3.63, 3.8) is 0 Å². The number of anilines is 3. The third-order valence-corrected chi connectivity index (χ3v) is 6.11. The fourth-order valence-corrected chi connectivity index (χ4v) is 4.15. The van der Waals surface area contributed by atoms with Gasteiger partial charge in [-0.3, -0.25) is 9.89 Å². The van der Waals surface area contributed by atoms with E-state index in [9.17, 15) is 4.79 Å². The number of H-pyrrole nitrogens is 1. The number of carbonyl (C=O) groups is 1. The topological polar surface area (TPSA) is 94.5 Å². The zero-order chi connectivity index (χ0) is 21.5. The lowest BCUT2D eigenvalue weighted by molar-refractivity contribution is 0.0746. The molecule has 6 rings (SSSR count). The van der Waals surface area contributed by atoms with Gasteiger partial charge in [0.2, 0.25) is 5.95 Å². The summed E-state index contributed by atoms with van der Waals surface area (Å²) < 4.78 is 1.83. The summed E-state index contributed by atoms with van der Waals surface area (Å²) in [5.74, 6) is 2.80. The number of benzene rings is 1. The fourth-order valence-electron chi connectivity index (χ4n) is 4.15. The number of carbonyl (C=O) groups excluding carboxylic acids is 1. The maximum absolute atomic E-state index is 12.7. The molecule has 0 atom stereocenters. The van der Waals surface area contributed by atoms with Crippen molar-refractivity contribution in [1.82, 2.24) is 29.7 Å². The molecule has 1 saturated heterocycles. The third kappa shape index (κ3) is 3.55. The van der Waals surface area contributed by atoms with Crippen molar-refractivity contribution < 1.29 is 4.79 Å². The highest BCUT2D eigenvalue weighted by Gasteiger charge is 2.26. The number of piperazine rings is 1. The first kappa shape index (κ1) is 18.9. The van der Waals surface area contributed by atoms with Crippen molar-refractivity contribution in [3.05, 3.63) is 66.0 Å². The van der Waals surface area contributed by atoms with E-state index < -0.39 is 0 Å². The standard InChI is InChI=1S/C23H24N8O/c32-22(17-5-2-1-3-6-17)29-11-13-30(14-12-29)23-25-21(19-7-4-10-31(19)28-23)24-20-15-18(26-27-20)16-8-9-16/h1-7,10,15-16H,8-9,11-14H2,(H2,24,25,26,27,28). The number of aromatic nitrogens is 5. The van der Waals surface area contributed by atoms with Crippen LogP contribution in [0, 0.1) is 0 Å². The van der Waals surface area contributed by atoms with Crippen LogP contribution in [0.5, 0.6) is 0 Å². The lowest BCUT2D eigenvalue weighted by Crippen LogP contribution is -2.49. The summed E-state index contributed by atoms with van der Waals surface area (Å²) in [6, 6.07) is 15.4. The van der Waals surface area contributed by atoms with Gasteiger partial charge in [0, 0.05) is 55.6 Å². The molecule has 4 aromatic rings. The van der Waals surface area contributed by atoms with Gasteiger partial charge in [-0.05, 0) is 37.1 Å². The Morgan fingerprint density at radius 3 is 2.62 bits per heavy atom. The molecule has 162 valence electrons. The molecule has 0 unspecified atom stereocenters. The zero-order valence-corrected chi connectivity index (χ0v) is 17.6. The number of rotatable bonds is 5. The molecule has 4 heterocycles. The molecule has 2 N–H and O–H groups in total. The van der Waals surface area contributed by atoms with E-state index in [2.05, 4.69) is 26.5 Å². The number of hydrogen-bond donors (Lipinski definition) is 2. The summed E-state index contributed by atoms with van der Waals surface area (Å²) >= 11 is 0. The number of nitrogens with one attached hydrogen (secondary N) is 2. The first-order valence-electron chi connectivity index (χ1n) is 11.0. The van der Waals surface area contributed by atoms with Crippen LogP contribution in [0.25, 0.3) is 5.52 Å². The van der Waals surface area contributed by atoms with Crippen LogP contribution < -0.4 is 10.2 Å². The number of hydrogen-bond acceptors (Lipinski definition) is 6. The number of amides is 1. The number of nitrogens with zero attached hydrogens (tertiary/aromatic N) is 6. The van der Waals surface area contributed by atoms with Crippen LogP contribution in [0.3, 0.4) is 0 Å². The highest BCUT2D eigenvalue weighted by molar-refractivity contribution is 5.94. The van der Waals surface area contributed by atoms with Gasteiger partial charge in [-0.15, -0.1) is 5.10 Å². The van der Waals surface area contributed by atoms with Gasteiger partial charge < -0.3 is 15.1 Å². The lowest BCUT2D eigenvalue weighted by Gasteiger charge is -2.34. The van der Waals surface area contributed by atoms with Crippen LogP contribution in [0.1, 0.15) is 34.8 Å². The first-order valence-corrected chi connectivity index (χ1v) is 11.0. The quantitative estimate of drug-likeness (QED) is 0.507. The van der Waals surface area contributed by atoms with Crippen LogP contribution in [0.4, 0.5) is 17.6 Å². The van der Waals surface area contributed by atoms with E-state index in [0.717, 1.165) is 22.7 Å². The zero-order valence-electron chi connectivity index (χ0n) is 17.6. The Labute approximate surface area is 185 Å². The molecular formula is C23H24N8O. The molecule has 0 bridgehead atoms. The Kier molecular flexibility index (Phi) is 4.52. The second-order valence-corrected chi connectivity index (χ2v) is 8.35. The molecule has 9 heteroatoms. The highest BCUT2D eigenvalue weighted by atomic mass is 16.2. The molecule has 0 radical (unpaired) electrons. The van der Waals surface area contributed by atoms with Gasteiger partial charge in [-0.2, -0.15) is 10.1 Å². The normalized spacial score (nSPS) is 16.5. The van der Waals surface area contributed by atoms with Crippen LogP contribution in [-0.4, -0.2) is 61.8 Å². The van der Waals surface area contributed by atoms with Crippen molar-refractivity contribution in [2.45, 2.75) is 18.8 Å². The van der Waals surface area contributed by atoms with Crippen LogP contribution in [0.2, 0.25) is 0 Å². The van der Waals surface area contributed by atoms with Crippen molar-refractivity contribution in [2.24, 2.45) is 0 Å². The summed E-state index contributed by atoms with van der Waals surface area (Å²) in [6.07, 6.45) is 4.36. The largest absolute Gasteiger partial charge is 0.336 e. The van der Waals surface area contributed by atoms with Gasteiger partial charge in [-0.25, -0.2) is 4.52 Å². The summed E-state index contributed by atoms with van der Waals surface area (Å²) in [6.45, 7) is 2.62. The maximum Gasteiger partial charge on any atom is 0.253 e. The molecule has 2 aliphatic rings. The van der Waals surface area contributed by atoms with Crippen LogP contribution >= 0.6 is 0 Å². The summed E-state index contributed by atoms with van der Waals surface area (Å²) in [4.78, 5) is 21.6. The average Bonchev–Trinajstić information content (AvgIpc) is 3.39. The first-order chi connectivity index (χ1) is 15.7. The Bertz CT molecular complexity index is 1250. The lowest BCUT2D eigenvalue weighted by atomic mass is 10.2. The minimum absolute atomic E-state index is 0.0689. The monoisotopic (exact) mass is 428 g/mol. The van der Waals surface area contributed by atoms with Gasteiger partial charge in [0.05, 0.1) is 0 Å². The summed E-state index contributed by atoms with van der Waals surface area (Å²) in [7, 11) is 0. The second-order valence-electron chi connectivity index (χ2n) is 8.35. The molecule has 32 heavy (non-hydrogen) atoms. The predicted octanol–water partition coefficient (Wildman–Crippen LogP) is 3.04. The summed E-state index contributed by atoms with van der Waals surface area (Å²) in [5, 5.41) is 15.6. The molecule has 1 saturated carbocycles. The van der Waals surface area contributed by atoms with Gasteiger partial charge in [0.15, 0.2) is 11.6 Å². The Hall–Kier alpha value is -3.88. The molecule has 1 aromatic carbocycles. The van der Waals surface area contributed by atoms with E-state index in [1.807, 2.05) is 58.1 Å². The molecule has 1 aliphatic carbocycles. The molecule has 0 spiro atoms. The van der Waals surface area contributed by atoms with E-state index in [-0.39, 0.29) is 5.91 Å². The van der Waals surface area contributed by atoms with Gasteiger partial charge in [0.1, 0.15) is 5.52 Å². The van der Waals surface area contributed by atoms with Crippen molar-refractivity contribution in [1.29, 1.82) is 0 Å². The average molecular weight is 429 g/mol. The Morgan fingerprint density at radius 1 is 1.03 bits per heavy atom. The van der Waals surface area contributed by atoms with E-state index in [1.54, 1.807) is 0 Å². The van der Waals surface area contributed by atoms with Crippen molar-refractivity contribution in [3.8, 4) is 0 Å². The van der Waals surface area contributed by atoms with E-state index >= 15 is 0 Å². The molecule has 9 nitrogen and oxygen atoms in total. The fraction of sp³-hybridized carbons (Fsp3) is 0.304. The number of fused-ring (bicyclic) bond motifs is 1. The van der Waals surface area contributed by atoms with Gasteiger partial charge in [-0.1, -0.05) is 18.2 Å². The number of aromatic amines is 1. The smallest absolute Gasteiger partial charge is 0.253 e. The summed E-state index contributed by atoms with van der Waals surface area (Å²) in [5.41, 5.74) is 2.79. The molecule has 3 aromatic heterocycles. The Morgan fingerprint density at radius 2 is 1.84 bits per heavy atom. The Balaban J connectivity index is 1.20. The van der Waals surface area contributed by atoms with Gasteiger partial charge in [0.25, 0.3) is 5.91 Å². The van der Waals surface area contributed by atoms with E-state index in [1.165, 1.54) is 18.5 Å². The molecular weight excluding hydrogens is 404 g/mol. The maximum atomic E-state index is 12.7. The minimum Gasteiger partial charge on any atom is -0.336 e. The van der Waals surface area contributed by atoms with Crippen LogP contribution in [0.15, 0.2) is 54.7 Å². The van der Waals surface area contributed by atoms with Crippen molar-refractivity contribution >= 4 is 29.0 Å². The van der Waals surface area contributed by atoms with Gasteiger partial charge >= 0.3 is 0 Å². The second kappa shape index (κ2) is 7.67. The molecule has 1 aliphatic heterocycles. The molecule has 1 amide bonds. The highest BCUT2D eigenvalue weighted by Crippen LogP contribution is 2.39. The van der Waals surface area contributed by atoms with E-state index in [0.29, 0.717) is 38.0 Å². The van der Waals surface area contributed by atoms with E-state index in [4.69, 9.17) is 10.1 Å². The predicted molar refractivity (Wildman–Crippen MR) is 121 cm³/mol. The van der Waals surface area contributed by atoms with Crippen molar-refractivity contribution in [2.75, 3.05) is 36.4 Å². The SMILES string of the molecule is O=C(c1ccccc1)N1CCN(c2nc(Nc3cc(C4CC4)[nH]n3)c3cccn3n2)CC1. The minimum atomic E-state index is 0.0689. The molecule has 2 fully saturated rings.